The smallest absolute Gasteiger partial charge is 0.333 e. The summed E-state index contributed by atoms with van der Waals surface area (Å²) in [5.41, 5.74) is 2.43. The van der Waals surface area contributed by atoms with Gasteiger partial charge in [-0.05, 0) is 61.1 Å². The lowest BCUT2D eigenvalue weighted by Gasteiger charge is -2.17. The lowest BCUT2D eigenvalue weighted by Crippen LogP contribution is -2.39. The molecule has 4 N–H and O–H groups in total. The van der Waals surface area contributed by atoms with Crippen molar-refractivity contribution in [1.29, 1.82) is 0 Å². The van der Waals surface area contributed by atoms with Crippen molar-refractivity contribution in [2.75, 3.05) is 11.9 Å². The second-order valence-electron chi connectivity index (χ2n) is 9.09. The molecule has 1 unspecified atom stereocenters. The second-order valence-corrected chi connectivity index (χ2v) is 11.8. The van der Waals surface area contributed by atoms with E-state index in [0.717, 1.165) is 23.3 Å². The Morgan fingerprint density at radius 2 is 2.05 bits per heavy atom. The number of carbonyl (C=O) groups excluding carboxylic acids is 1. The molecule has 2 aliphatic rings. The van der Waals surface area contributed by atoms with E-state index in [1.165, 1.54) is 29.4 Å². The summed E-state index contributed by atoms with van der Waals surface area (Å²) in [5, 5.41) is 13.9. The van der Waals surface area contributed by atoms with Crippen LogP contribution in [0.5, 0.6) is 0 Å². The number of ketones is 1. The highest BCUT2D eigenvalue weighted by Crippen LogP contribution is 2.38. The van der Waals surface area contributed by atoms with E-state index >= 15 is 0 Å². The Hall–Kier alpha value is -2.45. The van der Waals surface area contributed by atoms with Gasteiger partial charge in [-0.1, -0.05) is 17.7 Å². The van der Waals surface area contributed by atoms with Gasteiger partial charge in [-0.15, -0.1) is 11.3 Å². The number of nitrogens with zero attached hydrogens (tertiary/aromatic N) is 2. The lowest BCUT2D eigenvalue weighted by molar-refractivity contribution is 0.0866. The maximum absolute atomic E-state index is 13.5. The Labute approximate surface area is 222 Å². The minimum atomic E-state index is -4.46. The molecule has 3 heterocycles. The highest BCUT2D eigenvalue weighted by atomic mass is 35.5. The van der Waals surface area contributed by atoms with Gasteiger partial charge >= 0.3 is 10.3 Å². The first-order chi connectivity index (χ1) is 17.7. The first kappa shape index (κ1) is 26.2. The van der Waals surface area contributed by atoms with Gasteiger partial charge in [0.15, 0.2) is 0 Å². The molecule has 1 aromatic carbocycles. The van der Waals surface area contributed by atoms with Crippen LogP contribution in [0.25, 0.3) is 0 Å². The molecule has 1 aliphatic heterocycles. The number of anilines is 1. The molecule has 196 valence electrons. The number of aliphatic hydroxyl groups excluding tert-OH is 1. The van der Waals surface area contributed by atoms with Crippen LogP contribution in [0.15, 0.2) is 42.9 Å². The monoisotopic (exact) mass is 564 g/mol. The van der Waals surface area contributed by atoms with E-state index in [9.17, 15) is 18.3 Å². The van der Waals surface area contributed by atoms with E-state index in [4.69, 9.17) is 20.9 Å². The fourth-order valence-corrected chi connectivity index (χ4v) is 6.68. The van der Waals surface area contributed by atoms with Crippen LogP contribution in [0.4, 0.5) is 5.82 Å². The predicted molar refractivity (Wildman–Crippen MR) is 138 cm³/mol. The molecule has 1 saturated carbocycles. The third-order valence-electron chi connectivity index (χ3n) is 6.50. The number of rotatable bonds is 7. The summed E-state index contributed by atoms with van der Waals surface area (Å²) in [4.78, 5) is 23.1. The molecule has 13 heteroatoms. The number of thiophene rings is 1. The molecule has 10 nitrogen and oxygen atoms in total. The van der Waals surface area contributed by atoms with Gasteiger partial charge in [0.25, 0.3) is 0 Å². The van der Waals surface area contributed by atoms with Crippen LogP contribution in [0, 0.1) is 0 Å². The summed E-state index contributed by atoms with van der Waals surface area (Å²) in [6.07, 6.45) is 3.60. The number of carbonyl (C=O) groups is 1. The topological polar surface area (TPSA) is 151 Å². The van der Waals surface area contributed by atoms with Gasteiger partial charge in [0, 0.05) is 28.7 Å². The van der Waals surface area contributed by atoms with E-state index in [2.05, 4.69) is 15.3 Å². The fraction of sp³-hybridized carbons (Fsp3) is 0.375. The van der Waals surface area contributed by atoms with Crippen molar-refractivity contribution in [1.82, 2.24) is 14.7 Å². The van der Waals surface area contributed by atoms with Crippen molar-refractivity contribution in [2.45, 2.75) is 50.0 Å². The quantitative estimate of drug-likeness (QED) is 0.250. The molecule has 4 atom stereocenters. The largest absolute Gasteiger partial charge is 0.391 e. The fourth-order valence-electron chi connectivity index (χ4n) is 4.83. The number of hydrogen-bond donors (Lipinski definition) is 4. The zero-order valence-electron chi connectivity index (χ0n) is 19.5. The van der Waals surface area contributed by atoms with Gasteiger partial charge in [-0.2, -0.15) is 13.1 Å². The number of ether oxygens (including phenoxy) is 1. The van der Waals surface area contributed by atoms with Crippen molar-refractivity contribution in [3.05, 3.63) is 74.3 Å². The van der Waals surface area contributed by atoms with Crippen LogP contribution in [0.1, 0.15) is 56.6 Å². The summed E-state index contributed by atoms with van der Waals surface area (Å²) in [7, 11) is -4.46. The van der Waals surface area contributed by atoms with Gasteiger partial charge < -0.3 is 15.2 Å². The average molecular weight is 565 g/mol. The summed E-state index contributed by atoms with van der Waals surface area (Å²) >= 11 is 7.60. The maximum atomic E-state index is 13.5. The molecule has 1 aliphatic carbocycles. The highest BCUT2D eigenvalue weighted by molar-refractivity contribution is 7.83. The van der Waals surface area contributed by atoms with Crippen LogP contribution >= 0.6 is 22.9 Å². The van der Waals surface area contributed by atoms with E-state index in [1.54, 1.807) is 6.07 Å². The van der Waals surface area contributed by atoms with Crippen LogP contribution in [-0.2, 0) is 21.5 Å². The Balaban J connectivity index is 1.36. The molecule has 0 radical (unpaired) electrons. The van der Waals surface area contributed by atoms with Crippen LogP contribution < -0.4 is 10.0 Å². The molecular weight excluding hydrogens is 540 g/mol. The zero-order chi connectivity index (χ0) is 26.2. The van der Waals surface area contributed by atoms with Crippen LogP contribution in [0.3, 0.4) is 0 Å². The van der Waals surface area contributed by atoms with E-state index < -0.39 is 22.4 Å². The molecule has 0 amide bonds. The molecule has 3 aromatic rings. The van der Waals surface area contributed by atoms with Gasteiger partial charge in [-0.3, -0.25) is 9.35 Å². The molecule has 1 fully saturated rings. The van der Waals surface area contributed by atoms with E-state index in [1.807, 2.05) is 29.0 Å². The van der Waals surface area contributed by atoms with Gasteiger partial charge in [0.1, 0.15) is 18.2 Å². The van der Waals surface area contributed by atoms with Gasteiger partial charge in [0.05, 0.1) is 22.6 Å². The minimum absolute atomic E-state index is 0.197. The number of nitrogens with one attached hydrogen (secondary N) is 2. The van der Waals surface area contributed by atoms with Crippen LogP contribution in [0.2, 0.25) is 5.02 Å². The first-order valence-corrected chi connectivity index (χ1v) is 14.3. The predicted octanol–water partition coefficient (Wildman–Crippen LogP) is 3.17. The van der Waals surface area contributed by atoms with E-state index in [0.29, 0.717) is 16.5 Å². The standard InChI is InChI=1S/C24H25ClN4O6S2/c25-14-4-3-13-2-1-7-35-23(16(13)8-14)21-6-5-20(36-21)22(31)17-11-26-12-27-24(17)28-15-9-18(19(30)10-15)29-37(32,33)34/h3-6,8,11-12,15,18-19,23,29-30H,1-2,7,9-10H2,(H,26,27,28)(H,32,33,34)/t15-,18?,19+,23-/m1/s1. The molecule has 2 aromatic heterocycles. The molecular formula is C24H25ClN4O6S2. The van der Waals surface area contributed by atoms with Crippen LogP contribution in [-0.4, -0.2) is 58.6 Å². The Morgan fingerprint density at radius 1 is 1.22 bits per heavy atom. The van der Waals surface area contributed by atoms with Crippen molar-refractivity contribution in [2.24, 2.45) is 0 Å². The second kappa shape index (κ2) is 10.7. The summed E-state index contributed by atoms with van der Waals surface area (Å²) in [5.74, 6) is 0.00736. The minimum Gasteiger partial charge on any atom is -0.391 e. The third kappa shape index (κ3) is 6.01. The molecule has 37 heavy (non-hydrogen) atoms. The number of halogens is 1. The van der Waals surface area contributed by atoms with Gasteiger partial charge in [-0.25, -0.2) is 9.97 Å². The van der Waals surface area contributed by atoms with Crippen molar-refractivity contribution < 1.29 is 27.6 Å². The molecule has 0 saturated heterocycles. The lowest BCUT2D eigenvalue weighted by atomic mass is 9.99. The zero-order valence-corrected chi connectivity index (χ0v) is 21.9. The molecule has 0 spiro atoms. The Kier molecular flexibility index (Phi) is 7.59. The number of aliphatic hydroxyl groups is 1. The number of benzene rings is 1. The van der Waals surface area contributed by atoms with Crippen molar-refractivity contribution in [3.8, 4) is 0 Å². The summed E-state index contributed by atoms with van der Waals surface area (Å²) < 4.78 is 39.5. The Bertz CT molecular complexity index is 1420. The number of aryl methyl sites for hydroxylation is 1. The van der Waals surface area contributed by atoms with Crippen molar-refractivity contribution in [3.63, 3.8) is 0 Å². The number of hydrogen-bond acceptors (Lipinski definition) is 9. The number of fused-ring (bicyclic) bond motifs is 1. The highest BCUT2D eigenvalue weighted by Gasteiger charge is 2.36. The third-order valence-corrected chi connectivity index (χ3v) is 8.46. The SMILES string of the molecule is O=C(c1ccc([C@@H]2OCCCc3ccc(Cl)cc32)s1)c1cncnc1N[C@@H]1CC(NS(=O)(=O)O)[C@@H](O)C1. The van der Waals surface area contributed by atoms with Gasteiger partial charge in [0.2, 0.25) is 5.78 Å². The normalized spacial score (nSPS) is 23.9. The Morgan fingerprint density at radius 3 is 2.86 bits per heavy atom. The first-order valence-electron chi connectivity index (χ1n) is 11.7. The summed E-state index contributed by atoms with van der Waals surface area (Å²) in [6, 6.07) is 8.22. The molecule has 0 bridgehead atoms. The summed E-state index contributed by atoms with van der Waals surface area (Å²) in [6.45, 7) is 0.597. The van der Waals surface area contributed by atoms with E-state index in [-0.39, 0.29) is 42.2 Å². The molecule has 5 rings (SSSR count). The number of aromatic nitrogens is 2. The average Bonchev–Trinajstić information content (AvgIpc) is 3.39. The maximum Gasteiger partial charge on any atom is 0.333 e. The van der Waals surface area contributed by atoms with Crippen molar-refractivity contribution >= 4 is 44.8 Å².